The van der Waals surface area contributed by atoms with Crippen molar-refractivity contribution >= 4 is 17.6 Å². The summed E-state index contributed by atoms with van der Waals surface area (Å²) in [4.78, 5) is 22.2. The summed E-state index contributed by atoms with van der Waals surface area (Å²) < 4.78 is 0. The van der Waals surface area contributed by atoms with Gasteiger partial charge in [-0.1, -0.05) is 6.07 Å². The Labute approximate surface area is 106 Å². The largest absolute Gasteiger partial charge is 0.480 e. The molecule has 0 radical (unpaired) electrons. The van der Waals surface area contributed by atoms with Crippen LogP contribution in [0.1, 0.15) is 23.1 Å². The third kappa shape index (κ3) is 3.56. The Morgan fingerprint density at radius 2 is 1.78 bits per heavy atom. The molecule has 5 heteroatoms. The van der Waals surface area contributed by atoms with E-state index in [2.05, 4.69) is 5.32 Å². The van der Waals surface area contributed by atoms with Crippen LogP contribution in [0.5, 0.6) is 0 Å². The van der Waals surface area contributed by atoms with E-state index in [1.807, 2.05) is 32.9 Å². The van der Waals surface area contributed by atoms with Crippen LogP contribution in [0.3, 0.4) is 0 Å². The second-order valence-corrected chi connectivity index (χ2v) is 4.45. The minimum absolute atomic E-state index is 0.234. The number of carbonyl (C=O) groups is 2. The molecular formula is C13H18N2O3. The molecule has 0 bridgehead atoms. The van der Waals surface area contributed by atoms with Gasteiger partial charge in [-0.25, -0.2) is 0 Å². The highest BCUT2D eigenvalue weighted by molar-refractivity contribution is 5.94. The Morgan fingerprint density at radius 1 is 1.22 bits per heavy atom. The van der Waals surface area contributed by atoms with Crippen molar-refractivity contribution in [3.05, 3.63) is 28.8 Å². The summed E-state index contributed by atoms with van der Waals surface area (Å²) in [7, 11) is 0. The third-order valence-corrected chi connectivity index (χ3v) is 2.84. The molecule has 0 aliphatic heterocycles. The van der Waals surface area contributed by atoms with Crippen LogP contribution in [0.4, 0.5) is 5.69 Å². The van der Waals surface area contributed by atoms with Gasteiger partial charge in [-0.05, 0) is 43.5 Å². The van der Waals surface area contributed by atoms with E-state index in [-0.39, 0.29) is 6.42 Å². The number of carboxylic acid groups (broad SMARTS) is 1. The van der Waals surface area contributed by atoms with Crippen LogP contribution < -0.4 is 11.1 Å². The van der Waals surface area contributed by atoms with Gasteiger partial charge in [-0.15, -0.1) is 0 Å². The fourth-order valence-corrected chi connectivity index (χ4v) is 1.58. The number of rotatable bonds is 4. The smallest absolute Gasteiger partial charge is 0.321 e. The summed E-state index contributed by atoms with van der Waals surface area (Å²) in [6.45, 7) is 5.83. The van der Waals surface area contributed by atoms with Gasteiger partial charge in [0.15, 0.2) is 0 Å². The fourth-order valence-electron chi connectivity index (χ4n) is 1.58. The molecule has 4 N–H and O–H groups in total. The predicted octanol–water partition coefficient (Wildman–Crippen LogP) is 1.35. The van der Waals surface area contributed by atoms with E-state index in [1.165, 1.54) is 0 Å². The van der Waals surface area contributed by atoms with Gasteiger partial charge in [0.2, 0.25) is 5.91 Å². The first-order valence-electron chi connectivity index (χ1n) is 5.67. The minimum atomic E-state index is -1.18. The molecule has 0 saturated carbocycles. The summed E-state index contributed by atoms with van der Waals surface area (Å²) in [5.41, 5.74) is 9.15. The van der Waals surface area contributed by atoms with E-state index in [4.69, 9.17) is 10.8 Å². The lowest BCUT2D eigenvalue weighted by atomic mass is 10.0. The van der Waals surface area contributed by atoms with Crippen molar-refractivity contribution in [3.63, 3.8) is 0 Å². The summed E-state index contributed by atoms with van der Waals surface area (Å²) in [6, 6.07) is 2.67. The predicted molar refractivity (Wildman–Crippen MR) is 69.5 cm³/mol. The molecule has 1 unspecified atom stereocenters. The van der Waals surface area contributed by atoms with Crippen molar-refractivity contribution in [1.82, 2.24) is 0 Å². The van der Waals surface area contributed by atoms with E-state index in [1.54, 1.807) is 0 Å². The molecule has 0 saturated heterocycles. The Morgan fingerprint density at radius 3 is 2.33 bits per heavy atom. The van der Waals surface area contributed by atoms with Crippen molar-refractivity contribution in [2.45, 2.75) is 33.2 Å². The summed E-state index contributed by atoms with van der Waals surface area (Å²) in [6.07, 6.45) is -0.234. The van der Waals surface area contributed by atoms with Crippen molar-refractivity contribution in [2.75, 3.05) is 5.32 Å². The number of anilines is 1. The van der Waals surface area contributed by atoms with Crippen LogP contribution >= 0.6 is 0 Å². The van der Waals surface area contributed by atoms with Gasteiger partial charge in [-0.3, -0.25) is 9.59 Å². The van der Waals surface area contributed by atoms with E-state index in [9.17, 15) is 9.59 Å². The summed E-state index contributed by atoms with van der Waals surface area (Å²) in [5, 5.41) is 11.3. The molecule has 0 fully saturated rings. The van der Waals surface area contributed by atoms with Crippen LogP contribution in [0, 0.1) is 20.8 Å². The number of hydrogen-bond donors (Lipinski definition) is 3. The monoisotopic (exact) mass is 250 g/mol. The average Bonchev–Trinajstić information content (AvgIpc) is 2.25. The Balaban J connectivity index is 2.76. The van der Waals surface area contributed by atoms with E-state index in [0.29, 0.717) is 5.69 Å². The van der Waals surface area contributed by atoms with E-state index in [0.717, 1.165) is 16.7 Å². The Hall–Kier alpha value is -1.88. The maximum absolute atomic E-state index is 11.6. The van der Waals surface area contributed by atoms with Crippen molar-refractivity contribution in [2.24, 2.45) is 5.73 Å². The van der Waals surface area contributed by atoms with Gasteiger partial charge in [0.05, 0.1) is 6.42 Å². The van der Waals surface area contributed by atoms with Crippen LogP contribution in [0.25, 0.3) is 0 Å². The van der Waals surface area contributed by atoms with Crippen molar-refractivity contribution in [3.8, 4) is 0 Å². The molecule has 1 aromatic carbocycles. The first-order valence-corrected chi connectivity index (χ1v) is 5.67. The van der Waals surface area contributed by atoms with Crippen LogP contribution in [0.2, 0.25) is 0 Å². The second kappa shape index (κ2) is 5.64. The molecule has 98 valence electrons. The topological polar surface area (TPSA) is 92.4 Å². The SMILES string of the molecule is Cc1cc(C)c(NC(=O)CC(N)C(=O)O)cc1C. The molecule has 1 atom stereocenters. The number of amides is 1. The minimum Gasteiger partial charge on any atom is -0.480 e. The molecule has 0 aromatic heterocycles. The molecule has 1 amide bonds. The number of aliphatic carboxylic acids is 1. The van der Waals surface area contributed by atoms with E-state index < -0.39 is 17.9 Å². The lowest BCUT2D eigenvalue weighted by molar-refractivity contribution is -0.140. The number of nitrogens with two attached hydrogens (primary N) is 1. The molecule has 0 heterocycles. The number of carboxylic acids is 1. The van der Waals surface area contributed by atoms with Crippen LogP contribution in [-0.2, 0) is 9.59 Å². The molecule has 0 aliphatic rings. The summed E-state index contributed by atoms with van der Waals surface area (Å²) in [5.74, 6) is -1.57. The molecule has 18 heavy (non-hydrogen) atoms. The van der Waals surface area contributed by atoms with Crippen molar-refractivity contribution < 1.29 is 14.7 Å². The first-order chi connectivity index (χ1) is 8.31. The van der Waals surface area contributed by atoms with Crippen molar-refractivity contribution in [1.29, 1.82) is 0 Å². The average molecular weight is 250 g/mol. The molecule has 1 rings (SSSR count). The third-order valence-electron chi connectivity index (χ3n) is 2.84. The molecule has 0 spiro atoms. The van der Waals surface area contributed by atoms with Gasteiger partial charge in [0.25, 0.3) is 0 Å². The Kier molecular flexibility index (Phi) is 4.44. The number of hydrogen-bond acceptors (Lipinski definition) is 3. The molecule has 1 aromatic rings. The van der Waals surface area contributed by atoms with Gasteiger partial charge in [-0.2, -0.15) is 0 Å². The van der Waals surface area contributed by atoms with Gasteiger partial charge in [0.1, 0.15) is 6.04 Å². The zero-order chi connectivity index (χ0) is 13.9. The number of carbonyl (C=O) groups excluding carboxylic acids is 1. The highest BCUT2D eigenvalue weighted by Gasteiger charge is 2.16. The zero-order valence-corrected chi connectivity index (χ0v) is 10.8. The maximum atomic E-state index is 11.6. The zero-order valence-electron chi connectivity index (χ0n) is 10.8. The fraction of sp³-hybridized carbons (Fsp3) is 0.385. The number of nitrogens with one attached hydrogen (secondary N) is 1. The highest BCUT2D eigenvalue weighted by atomic mass is 16.4. The lowest BCUT2D eigenvalue weighted by Crippen LogP contribution is -2.34. The quantitative estimate of drug-likeness (QED) is 0.752. The summed E-state index contributed by atoms with van der Waals surface area (Å²) >= 11 is 0. The normalized spacial score (nSPS) is 12.0. The maximum Gasteiger partial charge on any atom is 0.321 e. The molecule has 0 aliphatic carbocycles. The van der Waals surface area contributed by atoms with Gasteiger partial charge >= 0.3 is 5.97 Å². The van der Waals surface area contributed by atoms with Crippen LogP contribution in [-0.4, -0.2) is 23.0 Å². The van der Waals surface area contributed by atoms with Gasteiger partial charge in [0, 0.05) is 5.69 Å². The first kappa shape index (κ1) is 14.2. The van der Waals surface area contributed by atoms with Crippen LogP contribution in [0.15, 0.2) is 12.1 Å². The highest BCUT2D eigenvalue weighted by Crippen LogP contribution is 2.20. The molecular weight excluding hydrogens is 232 g/mol. The second-order valence-electron chi connectivity index (χ2n) is 4.45. The standard InChI is InChI=1S/C13H18N2O3/c1-7-4-9(3)11(5-8(7)2)15-12(16)6-10(14)13(17)18/h4-5,10H,6,14H2,1-3H3,(H,15,16)(H,17,18). The van der Waals surface area contributed by atoms with Gasteiger partial charge < -0.3 is 16.2 Å². The number of aryl methyl sites for hydroxylation is 3. The van der Waals surface area contributed by atoms with E-state index >= 15 is 0 Å². The number of benzene rings is 1. The molecule has 5 nitrogen and oxygen atoms in total. The Bertz CT molecular complexity index is 483. The lowest BCUT2D eigenvalue weighted by Gasteiger charge is -2.12.